The average molecular weight is 514 g/mol. The van der Waals surface area contributed by atoms with Crippen LogP contribution in [0.3, 0.4) is 0 Å². The van der Waals surface area contributed by atoms with Crippen LogP contribution in [-0.2, 0) is 6.54 Å². The lowest BCUT2D eigenvalue weighted by molar-refractivity contribution is 0.159. The molecular weight excluding hydrogens is 479 g/mol. The Balaban J connectivity index is 0.00000420. The number of piperidine rings is 1. The normalized spacial score (nSPS) is 17.0. The summed E-state index contributed by atoms with van der Waals surface area (Å²) in [5.41, 5.74) is 1.07. The van der Waals surface area contributed by atoms with E-state index in [9.17, 15) is 0 Å². The van der Waals surface area contributed by atoms with E-state index in [2.05, 4.69) is 33.4 Å². The zero-order chi connectivity index (χ0) is 20.2. The number of guanidine groups is 1. The molecule has 0 bridgehead atoms. The van der Waals surface area contributed by atoms with Gasteiger partial charge in [0.25, 0.3) is 0 Å². The number of benzene rings is 1. The zero-order valence-electron chi connectivity index (χ0n) is 17.9. The summed E-state index contributed by atoms with van der Waals surface area (Å²) in [4.78, 5) is 6.90. The highest BCUT2D eigenvalue weighted by molar-refractivity contribution is 14.0. The number of nitrogens with one attached hydrogen (secondary N) is 2. The summed E-state index contributed by atoms with van der Waals surface area (Å²) in [6.45, 7) is 6.46. The molecule has 0 radical (unpaired) electrons. The first-order chi connectivity index (χ1) is 13.7. The van der Waals surface area contributed by atoms with E-state index >= 15 is 0 Å². The lowest BCUT2D eigenvalue weighted by atomic mass is 10.0. The van der Waals surface area contributed by atoms with Gasteiger partial charge in [-0.05, 0) is 50.4 Å². The second-order valence-corrected chi connectivity index (χ2v) is 7.06. The molecule has 7 heteroatoms. The van der Waals surface area contributed by atoms with E-state index in [1.54, 1.807) is 14.2 Å². The largest absolute Gasteiger partial charge is 0.493 e. The number of likely N-dealkylation sites (tertiary alicyclic amines) is 1. The molecule has 0 amide bonds. The Kier molecular flexibility index (Phi) is 12.6. The van der Waals surface area contributed by atoms with Gasteiger partial charge in [-0.15, -0.1) is 30.4 Å². The lowest BCUT2D eigenvalue weighted by Crippen LogP contribution is -2.41. The molecule has 29 heavy (non-hydrogen) atoms. The van der Waals surface area contributed by atoms with Crippen LogP contribution in [0, 0.1) is 12.3 Å². The van der Waals surface area contributed by atoms with Crippen LogP contribution in [-0.4, -0.2) is 57.3 Å². The predicted octanol–water partition coefficient (Wildman–Crippen LogP) is 3.25. The topological polar surface area (TPSA) is 58.1 Å². The number of hydrogen-bond acceptors (Lipinski definition) is 4. The fraction of sp³-hybridized carbons (Fsp3) is 0.591. The molecule has 1 aliphatic rings. The Hall–Kier alpha value is -1.66. The van der Waals surface area contributed by atoms with E-state index in [0.717, 1.165) is 31.0 Å². The molecule has 1 saturated heterocycles. The Morgan fingerprint density at radius 2 is 2.14 bits per heavy atom. The monoisotopic (exact) mass is 514 g/mol. The SMILES string of the molecule is C#CCOc1cc(CNC(=NC)NCCCN2CCCCC2C)ccc1OC.I. The van der Waals surface area contributed by atoms with Gasteiger partial charge in [0.05, 0.1) is 7.11 Å². The van der Waals surface area contributed by atoms with Gasteiger partial charge in [0, 0.05) is 32.7 Å². The second kappa shape index (κ2) is 14.3. The summed E-state index contributed by atoms with van der Waals surface area (Å²) in [6.07, 6.45) is 10.4. The minimum atomic E-state index is 0. The van der Waals surface area contributed by atoms with Gasteiger partial charge in [0.15, 0.2) is 17.5 Å². The van der Waals surface area contributed by atoms with Gasteiger partial charge in [-0.3, -0.25) is 4.99 Å². The highest BCUT2D eigenvalue weighted by Crippen LogP contribution is 2.27. The van der Waals surface area contributed by atoms with Crippen LogP contribution < -0.4 is 20.1 Å². The summed E-state index contributed by atoms with van der Waals surface area (Å²) >= 11 is 0. The van der Waals surface area contributed by atoms with E-state index in [1.807, 2.05) is 18.2 Å². The molecule has 1 atom stereocenters. The Labute approximate surface area is 192 Å². The molecule has 0 aliphatic carbocycles. The zero-order valence-corrected chi connectivity index (χ0v) is 20.2. The van der Waals surface area contributed by atoms with Crippen LogP contribution in [0.2, 0.25) is 0 Å². The molecular formula is C22H35IN4O2. The molecule has 2 rings (SSSR count). The predicted molar refractivity (Wildman–Crippen MR) is 130 cm³/mol. The lowest BCUT2D eigenvalue weighted by Gasteiger charge is -2.33. The van der Waals surface area contributed by atoms with E-state index in [-0.39, 0.29) is 30.6 Å². The van der Waals surface area contributed by atoms with Gasteiger partial charge in [0.1, 0.15) is 6.61 Å². The second-order valence-electron chi connectivity index (χ2n) is 7.06. The number of rotatable bonds is 9. The maximum Gasteiger partial charge on any atom is 0.191 e. The van der Waals surface area contributed by atoms with E-state index in [4.69, 9.17) is 15.9 Å². The first-order valence-corrected chi connectivity index (χ1v) is 10.1. The Bertz CT molecular complexity index is 675. The number of nitrogens with zero attached hydrogens (tertiary/aromatic N) is 2. The van der Waals surface area contributed by atoms with Crippen molar-refractivity contribution in [2.75, 3.05) is 40.4 Å². The summed E-state index contributed by atoms with van der Waals surface area (Å²) in [5.74, 6) is 4.60. The van der Waals surface area contributed by atoms with Crippen LogP contribution in [0.15, 0.2) is 23.2 Å². The van der Waals surface area contributed by atoms with Gasteiger partial charge in [-0.1, -0.05) is 18.4 Å². The quantitative estimate of drug-likeness (QED) is 0.174. The molecule has 0 aromatic heterocycles. The first kappa shape index (κ1) is 25.4. The van der Waals surface area contributed by atoms with Gasteiger partial charge >= 0.3 is 0 Å². The van der Waals surface area contributed by atoms with Crippen molar-refractivity contribution in [2.45, 2.75) is 45.2 Å². The van der Waals surface area contributed by atoms with Crippen molar-refractivity contribution in [3.63, 3.8) is 0 Å². The van der Waals surface area contributed by atoms with Crippen LogP contribution in [0.25, 0.3) is 0 Å². The highest BCUT2D eigenvalue weighted by atomic mass is 127. The minimum absolute atomic E-state index is 0. The van der Waals surface area contributed by atoms with Crippen molar-refractivity contribution in [1.29, 1.82) is 0 Å². The first-order valence-electron chi connectivity index (χ1n) is 10.1. The van der Waals surface area contributed by atoms with Crippen molar-refractivity contribution in [1.82, 2.24) is 15.5 Å². The molecule has 6 nitrogen and oxygen atoms in total. The number of hydrogen-bond donors (Lipinski definition) is 2. The van der Waals surface area contributed by atoms with E-state index in [0.29, 0.717) is 24.1 Å². The van der Waals surface area contributed by atoms with Crippen molar-refractivity contribution < 1.29 is 9.47 Å². The summed E-state index contributed by atoms with van der Waals surface area (Å²) < 4.78 is 10.9. The fourth-order valence-corrected chi connectivity index (χ4v) is 3.45. The Morgan fingerprint density at radius 1 is 1.31 bits per heavy atom. The minimum Gasteiger partial charge on any atom is -0.493 e. The number of halogens is 1. The molecule has 1 aliphatic heterocycles. The third-order valence-corrected chi connectivity index (χ3v) is 5.08. The van der Waals surface area contributed by atoms with Gasteiger partial charge in [-0.2, -0.15) is 0 Å². The number of aliphatic imine (C=N–C) groups is 1. The van der Waals surface area contributed by atoms with Gasteiger partial charge in [-0.25, -0.2) is 0 Å². The van der Waals surface area contributed by atoms with Gasteiger partial charge < -0.3 is 25.0 Å². The maximum atomic E-state index is 5.56. The third kappa shape index (κ3) is 8.70. The van der Waals surface area contributed by atoms with Crippen molar-refractivity contribution in [3.8, 4) is 23.8 Å². The standard InChI is InChI=1S/C22H34N4O2.HI/c1-5-15-28-21-16-19(10-11-20(21)27-4)17-25-22(23-3)24-12-8-14-26-13-7-6-9-18(26)2;/h1,10-11,16,18H,6-9,12-15,17H2,2-4H3,(H2,23,24,25);1H. The molecule has 0 saturated carbocycles. The van der Waals surface area contributed by atoms with E-state index < -0.39 is 0 Å². The van der Waals surface area contributed by atoms with Crippen LogP contribution in [0.1, 0.15) is 38.2 Å². The summed E-state index contributed by atoms with van der Waals surface area (Å²) in [6, 6.07) is 6.54. The van der Waals surface area contributed by atoms with Crippen LogP contribution in [0.4, 0.5) is 0 Å². The highest BCUT2D eigenvalue weighted by Gasteiger charge is 2.17. The van der Waals surface area contributed by atoms with Crippen LogP contribution >= 0.6 is 24.0 Å². The number of methoxy groups -OCH3 is 1. The number of ether oxygens (including phenoxy) is 2. The van der Waals surface area contributed by atoms with Crippen LogP contribution in [0.5, 0.6) is 11.5 Å². The fourth-order valence-electron chi connectivity index (χ4n) is 3.45. The summed E-state index contributed by atoms with van der Waals surface area (Å²) in [7, 11) is 3.41. The van der Waals surface area contributed by atoms with Crippen molar-refractivity contribution in [2.24, 2.45) is 4.99 Å². The molecule has 1 heterocycles. The number of terminal acetylenes is 1. The molecule has 1 aromatic rings. The van der Waals surface area contributed by atoms with E-state index in [1.165, 1.54) is 25.8 Å². The Morgan fingerprint density at radius 3 is 2.83 bits per heavy atom. The average Bonchev–Trinajstić information content (AvgIpc) is 2.73. The third-order valence-electron chi connectivity index (χ3n) is 5.08. The molecule has 0 spiro atoms. The smallest absolute Gasteiger partial charge is 0.191 e. The summed E-state index contributed by atoms with van der Waals surface area (Å²) in [5, 5.41) is 6.74. The van der Waals surface area contributed by atoms with Crippen molar-refractivity contribution in [3.05, 3.63) is 23.8 Å². The molecule has 1 fully saturated rings. The molecule has 2 N–H and O–H groups in total. The molecule has 162 valence electrons. The van der Waals surface area contributed by atoms with Crippen molar-refractivity contribution >= 4 is 29.9 Å². The van der Waals surface area contributed by atoms with Gasteiger partial charge in [0.2, 0.25) is 0 Å². The maximum absolute atomic E-state index is 5.56. The molecule has 1 aromatic carbocycles. The molecule has 1 unspecified atom stereocenters.